The summed E-state index contributed by atoms with van der Waals surface area (Å²) in [6.07, 6.45) is 24.1. The lowest BCUT2D eigenvalue weighted by Gasteiger charge is -2.44. The second-order valence-electron chi connectivity index (χ2n) is 37.6. The Hall–Kier alpha value is -15.3. The summed E-state index contributed by atoms with van der Waals surface area (Å²) in [7, 11) is 0. The number of rotatable bonds is 11. The number of thiol groups is 3. The van der Waals surface area contributed by atoms with Crippen LogP contribution >= 0.6 is 50.1 Å². The van der Waals surface area contributed by atoms with Crippen molar-refractivity contribution in [3.8, 4) is 17.2 Å². The highest BCUT2D eigenvalue weighted by Gasteiger charge is 2.46. The van der Waals surface area contributed by atoms with Crippen molar-refractivity contribution in [1.29, 1.82) is 0 Å². The maximum absolute atomic E-state index is 13.9. The Morgan fingerprint density at radius 3 is 1.73 bits per heavy atom. The lowest BCUT2D eigenvalue weighted by Crippen LogP contribution is -2.49. The number of hydrogen-bond acceptors (Lipinski definition) is 21. The summed E-state index contributed by atoms with van der Waals surface area (Å²) < 4.78 is 2.29. The molecule has 13 aromatic carbocycles. The number of fused-ring (bicyclic) bond motifs is 4. The van der Waals surface area contributed by atoms with Crippen molar-refractivity contribution in [2.24, 2.45) is 4.99 Å². The Kier molecular flexibility index (Phi) is 24.5. The normalized spacial score (nSPS) is 19.4. The van der Waals surface area contributed by atoms with Gasteiger partial charge in [-0.15, -0.1) is 37.9 Å². The van der Waals surface area contributed by atoms with Crippen LogP contribution in [-0.4, -0.2) is 99.1 Å². The standard InChI is InChI=1S/C36H34N4O2.C36H36N2O2.C24H14O6.C24H14O2S4/c41-33-31(23-13-15-27-29-21(23)9-7-11-25(29)37-35(39-27)17-3-1-4-18-35)34(42)32(33)24-14-16-28-30-22(24)10-8-12-26(30)38-36(40-28)19-5-2-6-20-36;1-5-37(23-27-13-9-7-10-14-27)29-17-19-31(25(3)21-29)33-35(39)34(36(33)40)32-20-18-30(22-26(32)4)38(6-2)24-28-15-11-8-12-16-28;25-13-3-5-15-11(9-13)1-7-17(27)19(15)21-23(29)22(24(21)30)20-16-6-4-14(26)10-12(16)2-8-18(20)28;25-23-21(19-15-5-3-13(27)9-11(15)1-7-17(19)29)24(26)22(23)20-16-6-4-14(28)10-12(16)2-8-18(20)30/h7-16,37-39,41H,1-6,17-20H2;7-22H,5-6,23-24H2,1-4H3;1-10,25-27,29H;1-10,25,27-29H. The molecule has 0 atom stereocenters. The first kappa shape index (κ1) is 93.0. The predicted octanol–water partition coefficient (Wildman–Crippen LogP) is 23.3. The SMILES string of the molecule is CCN(Cc1ccccc1)c1ccc(C2=C([O-])C(=C3C=CC(=[N+](CC)Cc4ccccc4)C=C3C)C2=O)c(C)c1.O=C1C(=C2C(=S)C=Cc3cc(S)ccc32)C(O)=C1c1c(S)ccc2cc(S)ccc12.O=C1C(c2ccc3c4c(cccc24)NC2(CCCCC2)N3)=C(O)C1=c1ccc2c3c(cccc13)NC1(CCCCC1)N=2.O=C1C=Cc2cc(O)ccc2C1=C1C(=O)C(c2c(O)ccc3cc(O)ccc23)=C1O. The smallest absolute Gasteiger partial charge is 0.202 e. The zero-order valence-corrected chi connectivity index (χ0v) is 81.7. The number of phenols is 3. The number of ketones is 5. The number of allylic oxidation sites excluding steroid dienone is 17. The van der Waals surface area contributed by atoms with Gasteiger partial charge in [0.1, 0.15) is 52.4 Å². The van der Waals surface area contributed by atoms with Crippen LogP contribution in [-0.2, 0) is 37.1 Å². The van der Waals surface area contributed by atoms with Gasteiger partial charge in [-0.1, -0.05) is 170 Å². The van der Waals surface area contributed by atoms with Crippen LogP contribution in [0.4, 0.5) is 22.7 Å². The molecule has 13 aromatic rings. The van der Waals surface area contributed by atoms with Gasteiger partial charge >= 0.3 is 0 Å². The zero-order valence-electron chi connectivity index (χ0n) is 78.2. The molecule has 24 rings (SSSR count). The molecule has 142 heavy (non-hydrogen) atoms. The molecule has 0 amide bonds. The van der Waals surface area contributed by atoms with E-state index in [0.29, 0.717) is 65.1 Å². The number of aliphatic hydroxyl groups excluding tert-OH is 3. The summed E-state index contributed by atoms with van der Waals surface area (Å²) in [5.41, 5.74) is 17.5. The van der Waals surface area contributed by atoms with Crippen LogP contribution in [0.15, 0.2) is 338 Å². The minimum Gasteiger partial charge on any atom is -0.871 e. The van der Waals surface area contributed by atoms with Crippen molar-refractivity contribution in [2.45, 2.75) is 131 Å². The molecule has 9 aliphatic carbocycles. The molecule has 0 bridgehead atoms. The Morgan fingerprint density at radius 1 is 0.451 bits per heavy atom. The van der Waals surface area contributed by atoms with Gasteiger partial charge in [-0.2, -0.15) is 0 Å². The number of nitrogens with one attached hydrogen (secondary N) is 3. The minimum atomic E-state index is -0.568. The number of aromatic hydroxyl groups is 3. The van der Waals surface area contributed by atoms with E-state index >= 15 is 0 Å². The topological polar surface area (TPSA) is 284 Å². The first-order chi connectivity index (χ1) is 68.7. The monoisotopic (exact) mass is 1940 g/mol. The van der Waals surface area contributed by atoms with Crippen molar-refractivity contribution in [3.05, 3.63) is 390 Å². The molecular weight excluding hydrogens is 1850 g/mol. The van der Waals surface area contributed by atoms with E-state index < -0.39 is 11.6 Å². The summed E-state index contributed by atoms with van der Waals surface area (Å²) >= 11 is 18.9. The van der Waals surface area contributed by atoms with E-state index in [2.05, 4.69) is 162 Å². The van der Waals surface area contributed by atoms with Crippen LogP contribution < -0.4 is 36.5 Å². The van der Waals surface area contributed by atoms with E-state index in [-0.39, 0.29) is 102 Å². The Morgan fingerprint density at radius 2 is 1.03 bits per heavy atom. The first-order valence-electron chi connectivity index (χ1n) is 47.8. The molecule has 0 saturated heterocycles. The van der Waals surface area contributed by atoms with E-state index in [4.69, 9.17) is 17.2 Å². The van der Waals surface area contributed by atoms with Crippen LogP contribution in [0.25, 0.3) is 94.3 Å². The third-order valence-corrected chi connectivity index (χ3v) is 30.2. The molecule has 9 N–H and O–H groups in total. The van der Waals surface area contributed by atoms with Crippen LogP contribution in [0, 0.1) is 6.92 Å². The lowest BCUT2D eigenvalue weighted by atomic mass is 9.75. The van der Waals surface area contributed by atoms with Crippen LogP contribution in [0.2, 0.25) is 0 Å². The molecule has 2 saturated carbocycles. The maximum atomic E-state index is 13.9. The Labute approximate surface area is 841 Å². The number of benzene rings is 13. The number of nitrogens with zero attached hydrogens (tertiary/aromatic N) is 3. The number of carbonyl (C=O) groups excluding carboxylic acids is 5. The van der Waals surface area contributed by atoms with E-state index in [0.717, 1.165) is 172 Å². The van der Waals surface area contributed by atoms with Gasteiger partial charge in [-0.3, -0.25) is 29.0 Å². The van der Waals surface area contributed by atoms with Crippen LogP contribution in [0.3, 0.4) is 0 Å². The average Bonchev–Trinajstić information content (AvgIpc) is 0.699. The number of Topliss-reactive ketones (excluding diaryl/α,β-unsaturated/α-hetero) is 4. The molecule has 2 heterocycles. The highest BCUT2D eigenvalue weighted by molar-refractivity contribution is 7.82. The number of aryl methyl sites for hydroxylation is 1. The molecule has 2 spiro atoms. The third kappa shape index (κ3) is 16.4. The fourth-order valence-corrected chi connectivity index (χ4v) is 22.9. The summed E-state index contributed by atoms with van der Waals surface area (Å²) in [6.45, 7) is 11.6. The number of hydrogen-bond donors (Lipinski definition) is 12. The van der Waals surface area contributed by atoms with Gasteiger partial charge in [0, 0.05) is 117 Å². The average molecular weight is 1940 g/mol. The van der Waals surface area contributed by atoms with E-state index in [9.17, 15) is 59.7 Å². The van der Waals surface area contributed by atoms with Crippen molar-refractivity contribution in [1.82, 2.24) is 0 Å². The van der Waals surface area contributed by atoms with Gasteiger partial charge in [0.2, 0.25) is 17.3 Å². The van der Waals surface area contributed by atoms with Gasteiger partial charge in [-0.25, -0.2) is 4.58 Å². The first-order valence-corrected chi connectivity index (χ1v) is 49.6. The highest BCUT2D eigenvalue weighted by Crippen LogP contribution is 2.53. The van der Waals surface area contributed by atoms with E-state index in [1.54, 1.807) is 18.2 Å². The van der Waals surface area contributed by atoms with Gasteiger partial charge in [-0.05, 0) is 300 Å². The van der Waals surface area contributed by atoms with Crippen molar-refractivity contribution >= 4 is 207 Å². The van der Waals surface area contributed by atoms with Crippen LogP contribution in [0.1, 0.15) is 146 Å². The molecule has 0 radical (unpaired) electrons. The molecule has 0 aromatic heterocycles. The third-order valence-electron chi connectivity index (χ3n) is 28.9. The quantitative estimate of drug-likeness (QED) is 0.0248. The van der Waals surface area contributed by atoms with Crippen molar-refractivity contribution < 1.29 is 64.3 Å². The molecule has 2 aliphatic heterocycles. The van der Waals surface area contributed by atoms with Gasteiger partial charge in [0.15, 0.2) is 23.8 Å². The van der Waals surface area contributed by atoms with Gasteiger partial charge in [0.25, 0.3) is 0 Å². The summed E-state index contributed by atoms with van der Waals surface area (Å²) in [5.74, 6) is -2.19. The molecule has 0 unspecified atom stereocenters. The number of aliphatic hydroxyl groups is 3. The summed E-state index contributed by atoms with van der Waals surface area (Å²) in [5, 5.41) is 96.5. The lowest BCUT2D eigenvalue weighted by molar-refractivity contribution is -0.539. The largest absolute Gasteiger partial charge is 0.871 e. The highest BCUT2D eigenvalue weighted by atomic mass is 32.1. The second-order valence-corrected chi connectivity index (χ2v) is 39.5. The number of carbonyl (C=O) groups is 5. The summed E-state index contributed by atoms with van der Waals surface area (Å²) in [6, 6.07) is 74.2. The zero-order chi connectivity index (χ0) is 98.6. The second kappa shape index (κ2) is 37.4. The maximum Gasteiger partial charge on any atom is 0.202 e. The predicted molar refractivity (Wildman–Crippen MR) is 577 cm³/mol. The minimum absolute atomic E-state index is 0.0152. The molecule has 22 heteroatoms. The molecule has 11 aliphatic rings. The van der Waals surface area contributed by atoms with E-state index in [1.807, 2.05) is 141 Å². The molecular formula is C120H98N6O12S4. The molecule has 18 nitrogen and oxygen atoms in total. The van der Waals surface area contributed by atoms with Gasteiger partial charge in [0.05, 0.1) is 38.8 Å². The fourth-order valence-electron chi connectivity index (χ4n) is 21.9. The number of phenolic OH excluding ortho intramolecular Hbond substituents is 3. The van der Waals surface area contributed by atoms with Gasteiger partial charge < -0.3 is 56.6 Å². The molecule has 704 valence electrons. The van der Waals surface area contributed by atoms with Crippen molar-refractivity contribution in [2.75, 3.05) is 33.9 Å². The van der Waals surface area contributed by atoms with Crippen LogP contribution in [0.5, 0.6) is 17.2 Å². The number of thiocarbonyl (C=S) groups is 1. The Bertz CT molecular complexity index is 8130. The summed E-state index contributed by atoms with van der Waals surface area (Å²) in [4.78, 5) is 76.6. The Balaban J connectivity index is 0.000000113. The van der Waals surface area contributed by atoms with E-state index in [1.165, 1.54) is 98.2 Å². The van der Waals surface area contributed by atoms with Crippen molar-refractivity contribution in [3.63, 3.8) is 0 Å². The molecule has 2 fully saturated rings. The fraction of sp³-hybridized carbons (Fsp3) is 0.167. The number of anilines is 4.